The molecule has 1 aliphatic carbocycles. The number of anilines is 6. The number of unbranched alkanes of at least 4 members (excludes halogenated alkanes) is 3. The Balaban J connectivity index is 1.42. The second kappa shape index (κ2) is 16.3. The van der Waals surface area contributed by atoms with Crippen LogP contribution >= 0.6 is 0 Å². The minimum atomic E-state index is -0.198. The van der Waals surface area contributed by atoms with E-state index in [1.807, 2.05) is 6.08 Å². The first-order valence-corrected chi connectivity index (χ1v) is 18.5. The van der Waals surface area contributed by atoms with Gasteiger partial charge in [0.05, 0.1) is 0 Å². The van der Waals surface area contributed by atoms with E-state index in [4.69, 9.17) is 6.42 Å². The second-order valence-corrected chi connectivity index (χ2v) is 13.5. The van der Waals surface area contributed by atoms with Crippen molar-refractivity contribution < 1.29 is 0 Å². The zero-order valence-corrected chi connectivity index (χ0v) is 29.9. The van der Waals surface area contributed by atoms with Gasteiger partial charge in [0.15, 0.2) is 0 Å². The molecule has 6 aromatic rings. The molecule has 0 saturated heterocycles. The van der Waals surface area contributed by atoms with Crippen LogP contribution in [0.3, 0.4) is 0 Å². The molecular formula is C50H46N2. The summed E-state index contributed by atoms with van der Waals surface area (Å²) in [6, 6.07) is 57.2. The maximum absolute atomic E-state index is 5.69. The zero-order valence-electron chi connectivity index (χ0n) is 29.9. The molecule has 0 saturated carbocycles. The van der Waals surface area contributed by atoms with Gasteiger partial charge in [-0.15, -0.1) is 12.3 Å². The molecule has 0 amide bonds. The minimum Gasteiger partial charge on any atom is -0.310 e. The van der Waals surface area contributed by atoms with E-state index >= 15 is 0 Å². The van der Waals surface area contributed by atoms with Crippen LogP contribution in [0.25, 0.3) is 11.1 Å². The molecule has 2 nitrogen and oxygen atoms in total. The fraction of sp³-hybridized carbons (Fsp3) is 0.160. The first-order chi connectivity index (χ1) is 25.7. The smallest absolute Gasteiger partial charge is 0.0465 e. The maximum Gasteiger partial charge on any atom is 0.0465 e. The predicted octanol–water partition coefficient (Wildman–Crippen LogP) is 14.0. The normalized spacial score (nSPS) is 12.5. The number of allylic oxidation sites excluding steroid dienone is 3. The number of hydrogen-bond acceptors (Lipinski definition) is 2. The lowest BCUT2D eigenvalue weighted by molar-refractivity contribution is 0.425. The highest BCUT2D eigenvalue weighted by atomic mass is 15.1. The number of rotatable bonds is 15. The molecule has 52 heavy (non-hydrogen) atoms. The summed E-state index contributed by atoms with van der Waals surface area (Å²) in [5.41, 5.74) is 12.2. The molecule has 0 heterocycles. The van der Waals surface area contributed by atoms with Crippen LogP contribution in [0, 0.1) is 12.3 Å². The van der Waals surface area contributed by atoms with Crippen LogP contribution in [-0.2, 0) is 5.41 Å². The molecule has 0 N–H and O–H groups in total. The van der Waals surface area contributed by atoms with Crippen molar-refractivity contribution in [2.45, 2.75) is 50.4 Å². The third-order valence-electron chi connectivity index (χ3n) is 10.3. The van der Waals surface area contributed by atoms with Gasteiger partial charge < -0.3 is 9.80 Å². The monoisotopic (exact) mass is 674 g/mol. The largest absolute Gasteiger partial charge is 0.310 e. The Labute approximate surface area is 310 Å². The van der Waals surface area contributed by atoms with Gasteiger partial charge in [-0.2, -0.15) is 0 Å². The lowest BCUT2D eigenvalue weighted by atomic mass is 9.70. The molecule has 0 fully saturated rings. The van der Waals surface area contributed by atoms with Crippen LogP contribution in [0.2, 0.25) is 0 Å². The zero-order chi connectivity index (χ0) is 35.6. The highest BCUT2D eigenvalue weighted by molar-refractivity contribution is 5.88. The van der Waals surface area contributed by atoms with E-state index in [0.29, 0.717) is 0 Å². The van der Waals surface area contributed by atoms with E-state index in [2.05, 4.69) is 192 Å². The fourth-order valence-electron chi connectivity index (χ4n) is 7.97. The first-order valence-electron chi connectivity index (χ1n) is 18.5. The molecular weight excluding hydrogens is 629 g/mol. The quantitative estimate of drug-likeness (QED) is 0.0608. The molecule has 6 aromatic carbocycles. The highest BCUT2D eigenvalue weighted by Gasteiger charge is 2.43. The van der Waals surface area contributed by atoms with Gasteiger partial charge in [0.25, 0.3) is 0 Å². The number of benzene rings is 6. The lowest BCUT2D eigenvalue weighted by Gasteiger charge is -2.35. The Morgan fingerprint density at radius 2 is 0.962 bits per heavy atom. The van der Waals surface area contributed by atoms with E-state index in [1.54, 1.807) is 0 Å². The summed E-state index contributed by atoms with van der Waals surface area (Å²) in [5, 5.41) is 0. The molecule has 0 aliphatic heterocycles. The van der Waals surface area contributed by atoms with Crippen molar-refractivity contribution in [3.8, 4) is 23.5 Å². The van der Waals surface area contributed by atoms with Crippen LogP contribution in [0.4, 0.5) is 34.1 Å². The molecule has 0 aromatic heterocycles. The summed E-state index contributed by atoms with van der Waals surface area (Å²) >= 11 is 0. The molecule has 0 atom stereocenters. The standard InChI is InChI=1S/C50H46N2/c1-3-5-7-9-23-37-50(36-22-8-6-4-2)48-38-44(51(40-24-14-10-15-25-40)41-26-16-11-17-27-41)32-34-46(48)47-35-33-45(39-49(47)50)52(42-28-18-12-19-29-42)43-30-20-13-21-31-43/h1,4,6,8,10-21,24-35,38-39H,2,5,7,9,22-23,36-37H2/b8-6+. The summed E-state index contributed by atoms with van der Waals surface area (Å²) in [6.07, 6.45) is 19.0. The van der Waals surface area contributed by atoms with Gasteiger partial charge in [0, 0.05) is 46.0 Å². The molecule has 0 spiro atoms. The van der Waals surface area contributed by atoms with Crippen LogP contribution in [0.15, 0.2) is 183 Å². The summed E-state index contributed by atoms with van der Waals surface area (Å²) < 4.78 is 0. The molecule has 0 radical (unpaired) electrons. The molecule has 0 bridgehead atoms. The highest BCUT2D eigenvalue weighted by Crippen LogP contribution is 2.56. The lowest BCUT2D eigenvalue weighted by Crippen LogP contribution is -2.26. The third kappa shape index (κ3) is 7.09. The number of para-hydroxylation sites is 4. The van der Waals surface area contributed by atoms with E-state index in [0.717, 1.165) is 79.1 Å². The Hall–Kier alpha value is -6.04. The second-order valence-electron chi connectivity index (χ2n) is 13.5. The Kier molecular flexibility index (Phi) is 10.8. The van der Waals surface area contributed by atoms with Gasteiger partial charge in [-0.25, -0.2) is 0 Å². The summed E-state index contributed by atoms with van der Waals surface area (Å²) in [7, 11) is 0. The van der Waals surface area contributed by atoms with Crippen molar-refractivity contribution in [1.82, 2.24) is 0 Å². The number of hydrogen-bond donors (Lipinski definition) is 0. The average molecular weight is 675 g/mol. The van der Waals surface area contributed by atoms with Crippen molar-refractivity contribution in [2.75, 3.05) is 9.80 Å². The summed E-state index contributed by atoms with van der Waals surface area (Å²) in [5.74, 6) is 2.86. The van der Waals surface area contributed by atoms with Crippen molar-refractivity contribution >= 4 is 34.1 Å². The number of terminal acetylenes is 1. The van der Waals surface area contributed by atoms with Crippen molar-refractivity contribution in [3.05, 3.63) is 194 Å². The molecule has 7 rings (SSSR count). The van der Waals surface area contributed by atoms with E-state index in [-0.39, 0.29) is 5.41 Å². The van der Waals surface area contributed by atoms with Crippen molar-refractivity contribution in [1.29, 1.82) is 0 Å². The van der Waals surface area contributed by atoms with Gasteiger partial charge in [-0.1, -0.05) is 123 Å². The molecule has 256 valence electrons. The van der Waals surface area contributed by atoms with Gasteiger partial charge >= 0.3 is 0 Å². The van der Waals surface area contributed by atoms with Gasteiger partial charge in [0.1, 0.15) is 0 Å². The fourth-order valence-corrected chi connectivity index (χ4v) is 7.97. The van der Waals surface area contributed by atoms with E-state index in [1.165, 1.54) is 22.3 Å². The first kappa shape index (κ1) is 34.4. The van der Waals surface area contributed by atoms with Gasteiger partial charge in [-0.3, -0.25) is 0 Å². The van der Waals surface area contributed by atoms with Crippen molar-refractivity contribution in [2.24, 2.45) is 0 Å². The SMILES string of the molecule is C#CCCCCCC1(CC/C=C/C=C)c2cc(N(c3ccccc3)c3ccccc3)ccc2-c2ccc(N(c3ccccc3)c3ccccc3)cc21. The Morgan fingerprint density at radius 3 is 1.37 bits per heavy atom. The average Bonchev–Trinajstić information content (AvgIpc) is 3.46. The minimum absolute atomic E-state index is 0.198. The molecule has 2 heteroatoms. The maximum atomic E-state index is 5.69. The summed E-state index contributed by atoms with van der Waals surface area (Å²) in [6.45, 7) is 3.96. The van der Waals surface area contributed by atoms with Crippen LogP contribution in [0.5, 0.6) is 0 Å². The Bertz CT molecular complexity index is 1930. The van der Waals surface area contributed by atoms with Gasteiger partial charge in [-0.05, 0) is 121 Å². The van der Waals surface area contributed by atoms with Crippen LogP contribution in [0.1, 0.15) is 56.1 Å². The van der Waals surface area contributed by atoms with Crippen LogP contribution in [-0.4, -0.2) is 0 Å². The van der Waals surface area contributed by atoms with Crippen LogP contribution < -0.4 is 9.80 Å². The van der Waals surface area contributed by atoms with E-state index < -0.39 is 0 Å². The van der Waals surface area contributed by atoms with E-state index in [9.17, 15) is 0 Å². The summed E-state index contributed by atoms with van der Waals surface area (Å²) in [4.78, 5) is 4.77. The van der Waals surface area contributed by atoms with Crippen molar-refractivity contribution in [3.63, 3.8) is 0 Å². The predicted molar refractivity (Wildman–Crippen MR) is 223 cm³/mol. The topological polar surface area (TPSA) is 6.48 Å². The number of nitrogens with zero attached hydrogens (tertiary/aromatic N) is 2. The number of fused-ring (bicyclic) bond motifs is 3. The van der Waals surface area contributed by atoms with Gasteiger partial charge in [0.2, 0.25) is 0 Å². The Morgan fingerprint density at radius 1 is 0.519 bits per heavy atom. The molecule has 1 aliphatic rings. The molecule has 0 unspecified atom stereocenters. The third-order valence-corrected chi connectivity index (χ3v) is 10.3.